The van der Waals surface area contributed by atoms with Crippen molar-refractivity contribution in [1.29, 1.82) is 0 Å². The Balaban J connectivity index is 1.86. The van der Waals surface area contributed by atoms with E-state index in [9.17, 15) is 8.42 Å². The summed E-state index contributed by atoms with van der Waals surface area (Å²) in [5.74, 6) is 0. The van der Waals surface area contributed by atoms with Gasteiger partial charge in [0.1, 0.15) is 16.7 Å². The first-order valence-corrected chi connectivity index (χ1v) is 10.3. The largest absolute Gasteiger partial charge is 0.367 e. The van der Waals surface area contributed by atoms with E-state index in [2.05, 4.69) is 15.2 Å². The van der Waals surface area contributed by atoms with Gasteiger partial charge in [0.15, 0.2) is 0 Å². The number of halogens is 2. The smallest absolute Gasteiger partial charge is 0.271 e. The third-order valence-electron chi connectivity index (χ3n) is 4.41. The molecule has 1 aromatic heterocycles. The molecule has 1 fully saturated rings. The van der Waals surface area contributed by atoms with Gasteiger partial charge in [0, 0.05) is 31.2 Å². The monoisotopic (exact) mass is 410 g/mol. The van der Waals surface area contributed by atoms with E-state index in [4.69, 9.17) is 23.2 Å². The zero-order chi connectivity index (χ0) is 18.3. The maximum Gasteiger partial charge on any atom is 0.271 e. The Morgan fingerprint density at radius 2 is 1.85 bits per heavy atom. The van der Waals surface area contributed by atoms with E-state index in [0.717, 1.165) is 35.8 Å². The van der Waals surface area contributed by atoms with Crippen molar-refractivity contribution in [3.05, 3.63) is 52.8 Å². The van der Waals surface area contributed by atoms with Crippen LogP contribution in [0, 0.1) is 0 Å². The first-order chi connectivity index (χ1) is 12.5. The number of imidazole rings is 1. The molecule has 136 valence electrons. The summed E-state index contributed by atoms with van der Waals surface area (Å²) in [7, 11) is -3.92. The van der Waals surface area contributed by atoms with Crippen LogP contribution in [0.4, 0.5) is 5.69 Å². The number of anilines is 1. The van der Waals surface area contributed by atoms with Gasteiger partial charge < -0.3 is 10.2 Å². The lowest BCUT2D eigenvalue weighted by molar-refractivity contribution is 0.588. The molecule has 0 saturated carbocycles. The summed E-state index contributed by atoms with van der Waals surface area (Å²) < 4.78 is 27.4. The Morgan fingerprint density at radius 3 is 2.62 bits per heavy atom. The highest BCUT2D eigenvalue weighted by Gasteiger charge is 2.24. The van der Waals surface area contributed by atoms with Crippen LogP contribution < -0.4 is 10.2 Å². The first kappa shape index (κ1) is 17.6. The van der Waals surface area contributed by atoms with Gasteiger partial charge in [-0.1, -0.05) is 29.3 Å². The summed E-state index contributed by atoms with van der Waals surface area (Å²) >= 11 is 12.1. The average Bonchev–Trinajstić information content (AvgIpc) is 3.09. The number of hydrogen-bond acceptors (Lipinski definition) is 5. The lowest BCUT2D eigenvalue weighted by Gasteiger charge is -2.29. The van der Waals surface area contributed by atoms with Gasteiger partial charge >= 0.3 is 0 Å². The van der Waals surface area contributed by atoms with E-state index in [1.807, 2.05) is 12.1 Å². The summed E-state index contributed by atoms with van der Waals surface area (Å²) in [5, 5.41) is 3.73. The summed E-state index contributed by atoms with van der Waals surface area (Å²) in [6, 6.07) is 9.92. The molecule has 1 aliphatic rings. The predicted molar refractivity (Wildman–Crippen MR) is 104 cm³/mol. The Labute approximate surface area is 161 Å². The number of nitrogens with zero attached hydrogens (tertiary/aromatic N) is 3. The van der Waals surface area contributed by atoms with Crippen molar-refractivity contribution >= 4 is 49.9 Å². The van der Waals surface area contributed by atoms with Gasteiger partial charge in [0.2, 0.25) is 0 Å². The SMILES string of the molecule is O=S(=O)(c1cc(Cl)ccc1Cl)n1cnc2c(N3CCNCC3)cccc21. The second-order valence-corrected chi connectivity index (χ2v) is 8.63. The number of hydrogen-bond donors (Lipinski definition) is 1. The molecule has 2 heterocycles. The topological polar surface area (TPSA) is 67.2 Å². The van der Waals surface area contributed by atoms with E-state index in [-0.39, 0.29) is 9.92 Å². The summed E-state index contributed by atoms with van der Waals surface area (Å²) in [6.45, 7) is 3.46. The standard InChI is InChI=1S/C17H16Cl2N4O2S/c18-12-4-5-13(19)16(10-12)26(24,25)23-11-21-17-14(2-1-3-15(17)23)22-8-6-20-7-9-22/h1-5,10-11,20H,6-9H2. The molecule has 1 saturated heterocycles. The number of piperazine rings is 1. The normalized spacial score (nSPS) is 15.5. The number of rotatable bonds is 3. The number of benzene rings is 2. The molecule has 0 aliphatic carbocycles. The third-order valence-corrected chi connectivity index (χ3v) is 6.79. The molecular weight excluding hydrogens is 395 g/mol. The van der Waals surface area contributed by atoms with Crippen LogP contribution in [-0.2, 0) is 10.0 Å². The lowest BCUT2D eigenvalue weighted by atomic mass is 10.2. The average molecular weight is 411 g/mol. The van der Waals surface area contributed by atoms with Crippen LogP contribution in [0.5, 0.6) is 0 Å². The van der Waals surface area contributed by atoms with Crippen LogP contribution in [0.1, 0.15) is 0 Å². The highest BCUT2D eigenvalue weighted by Crippen LogP contribution is 2.31. The van der Waals surface area contributed by atoms with Crippen LogP contribution in [0.2, 0.25) is 10.0 Å². The number of para-hydroxylation sites is 1. The molecule has 2 aromatic carbocycles. The van der Waals surface area contributed by atoms with E-state index < -0.39 is 10.0 Å². The molecule has 9 heteroatoms. The molecule has 0 bridgehead atoms. The van der Waals surface area contributed by atoms with Gasteiger partial charge in [0.05, 0.1) is 16.2 Å². The molecule has 1 N–H and O–H groups in total. The minimum Gasteiger partial charge on any atom is -0.367 e. The molecule has 0 atom stereocenters. The van der Waals surface area contributed by atoms with Crippen LogP contribution in [0.15, 0.2) is 47.6 Å². The Morgan fingerprint density at radius 1 is 1.08 bits per heavy atom. The minimum atomic E-state index is -3.92. The highest BCUT2D eigenvalue weighted by atomic mass is 35.5. The fourth-order valence-corrected chi connectivity index (χ4v) is 5.16. The fourth-order valence-electron chi connectivity index (χ4n) is 3.14. The quantitative estimate of drug-likeness (QED) is 0.718. The van der Waals surface area contributed by atoms with Crippen molar-refractivity contribution in [3.8, 4) is 0 Å². The number of nitrogens with one attached hydrogen (secondary N) is 1. The van der Waals surface area contributed by atoms with Crippen molar-refractivity contribution in [2.75, 3.05) is 31.1 Å². The molecular formula is C17H16Cl2N4O2S. The van der Waals surface area contributed by atoms with Crippen LogP contribution in [0.3, 0.4) is 0 Å². The summed E-state index contributed by atoms with van der Waals surface area (Å²) in [4.78, 5) is 6.54. The second kappa shape index (κ2) is 6.74. The first-order valence-electron chi connectivity index (χ1n) is 8.11. The van der Waals surface area contributed by atoms with Gasteiger partial charge in [-0.05, 0) is 30.3 Å². The second-order valence-electron chi connectivity index (χ2n) is 6.00. The molecule has 0 unspecified atom stereocenters. The van der Waals surface area contributed by atoms with E-state index >= 15 is 0 Å². The molecule has 1 aliphatic heterocycles. The fraction of sp³-hybridized carbons (Fsp3) is 0.235. The molecule has 0 spiro atoms. The van der Waals surface area contributed by atoms with Crippen molar-refractivity contribution in [2.24, 2.45) is 0 Å². The van der Waals surface area contributed by atoms with Gasteiger partial charge in [0.25, 0.3) is 10.0 Å². The van der Waals surface area contributed by atoms with Gasteiger partial charge in [-0.2, -0.15) is 0 Å². The maximum atomic E-state index is 13.1. The number of fused-ring (bicyclic) bond motifs is 1. The van der Waals surface area contributed by atoms with Crippen LogP contribution >= 0.6 is 23.2 Å². The van der Waals surface area contributed by atoms with Crippen LogP contribution in [-0.4, -0.2) is 43.6 Å². The van der Waals surface area contributed by atoms with E-state index in [1.165, 1.54) is 18.5 Å². The summed E-state index contributed by atoms with van der Waals surface area (Å²) in [5.41, 5.74) is 2.09. The van der Waals surface area contributed by atoms with Gasteiger partial charge in [-0.25, -0.2) is 17.4 Å². The molecule has 26 heavy (non-hydrogen) atoms. The van der Waals surface area contributed by atoms with E-state index in [0.29, 0.717) is 16.1 Å². The predicted octanol–water partition coefficient (Wildman–Crippen LogP) is 2.99. The maximum absolute atomic E-state index is 13.1. The Kier molecular flexibility index (Phi) is 4.56. The Hall–Kier alpha value is -1.80. The number of aromatic nitrogens is 2. The third kappa shape index (κ3) is 2.95. The molecule has 3 aromatic rings. The zero-order valence-electron chi connectivity index (χ0n) is 13.7. The summed E-state index contributed by atoms with van der Waals surface area (Å²) in [6.07, 6.45) is 1.32. The molecule has 4 rings (SSSR count). The van der Waals surface area contributed by atoms with Crippen molar-refractivity contribution in [3.63, 3.8) is 0 Å². The molecule has 0 radical (unpaired) electrons. The Bertz CT molecular complexity index is 1080. The molecule has 0 amide bonds. The van der Waals surface area contributed by atoms with Gasteiger partial charge in [-0.15, -0.1) is 0 Å². The van der Waals surface area contributed by atoms with Crippen molar-refractivity contribution < 1.29 is 8.42 Å². The minimum absolute atomic E-state index is 0.0430. The zero-order valence-corrected chi connectivity index (χ0v) is 16.0. The molecule has 6 nitrogen and oxygen atoms in total. The highest BCUT2D eigenvalue weighted by molar-refractivity contribution is 7.90. The van der Waals surface area contributed by atoms with Crippen molar-refractivity contribution in [1.82, 2.24) is 14.3 Å². The van der Waals surface area contributed by atoms with Crippen LogP contribution in [0.25, 0.3) is 11.0 Å². The van der Waals surface area contributed by atoms with E-state index in [1.54, 1.807) is 12.1 Å². The lowest BCUT2D eigenvalue weighted by Crippen LogP contribution is -2.43. The van der Waals surface area contributed by atoms with Crippen molar-refractivity contribution in [2.45, 2.75) is 4.90 Å². The van der Waals surface area contributed by atoms with Gasteiger partial charge in [-0.3, -0.25) is 0 Å².